The minimum absolute atomic E-state index is 0.164. The maximum atomic E-state index is 8.53. The number of amidine groups is 1. The summed E-state index contributed by atoms with van der Waals surface area (Å²) in [7, 11) is 1.98. The highest BCUT2D eigenvalue weighted by Gasteiger charge is 2.13. The Bertz CT molecular complexity index is 378. The number of nitrogens with two attached hydrogens (primary N) is 1. The first kappa shape index (κ1) is 12.3. The maximum Gasteiger partial charge on any atom is 0.141 e. The summed E-state index contributed by atoms with van der Waals surface area (Å²) in [6, 6.07) is 2.12. The first-order valence-electron chi connectivity index (χ1n) is 5.16. The number of hydrogen-bond acceptors (Lipinski definition) is 4. The molecular formula is C11H18N4O. The van der Waals surface area contributed by atoms with Crippen LogP contribution in [0.4, 0.5) is 5.69 Å². The zero-order valence-electron chi connectivity index (χ0n) is 9.88. The van der Waals surface area contributed by atoms with Gasteiger partial charge in [-0.2, -0.15) is 0 Å². The van der Waals surface area contributed by atoms with Crippen molar-refractivity contribution < 1.29 is 5.21 Å². The van der Waals surface area contributed by atoms with Gasteiger partial charge in [-0.25, -0.2) is 0 Å². The minimum Gasteiger partial charge on any atom is -0.409 e. The molecule has 1 heterocycles. The number of pyridine rings is 1. The van der Waals surface area contributed by atoms with E-state index in [9.17, 15) is 0 Å². The van der Waals surface area contributed by atoms with Crippen LogP contribution in [-0.2, 0) is 0 Å². The van der Waals surface area contributed by atoms with Gasteiger partial charge in [0.2, 0.25) is 0 Å². The van der Waals surface area contributed by atoms with E-state index >= 15 is 0 Å². The summed E-state index contributed by atoms with van der Waals surface area (Å²) in [4.78, 5) is 6.14. The van der Waals surface area contributed by atoms with Crippen molar-refractivity contribution in [1.29, 1.82) is 0 Å². The molecule has 1 atom stereocenters. The molecule has 3 N–H and O–H groups in total. The van der Waals surface area contributed by atoms with Crippen LogP contribution in [0.5, 0.6) is 0 Å². The van der Waals surface area contributed by atoms with Crippen molar-refractivity contribution in [2.24, 2.45) is 10.9 Å². The van der Waals surface area contributed by atoms with Crippen molar-refractivity contribution in [2.75, 3.05) is 11.9 Å². The van der Waals surface area contributed by atoms with Crippen LogP contribution >= 0.6 is 0 Å². The smallest absolute Gasteiger partial charge is 0.141 e. The predicted octanol–water partition coefficient (Wildman–Crippen LogP) is 1.35. The Balaban J connectivity index is 2.78. The SMILES string of the molecule is Cc1cnccc1N(C)C(C)CC(N)=NO. The van der Waals surface area contributed by atoms with Crippen LogP contribution in [0.2, 0.25) is 0 Å². The first-order chi connectivity index (χ1) is 7.56. The van der Waals surface area contributed by atoms with Crippen molar-refractivity contribution >= 4 is 11.5 Å². The van der Waals surface area contributed by atoms with Gasteiger partial charge in [-0.05, 0) is 25.5 Å². The molecule has 0 aliphatic carbocycles. The third-order valence-electron chi connectivity index (χ3n) is 2.66. The molecule has 1 aromatic rings. The Morgan fingerprint density at radius 2 is 2.38 bits per heavy atom. The van der Waals surface area contributed by atoms with Crippen LogP contribution in [0.3, 0.4) is 0 Å². The van der Waals surface area contributed by atoms with E-state index in [0.29, 0.717) is 6.42 Å². The molecule has 5 heteroatoms. The van der Waals surface area contributed by atoms with E-state index in [4.69, 9.17) is 10.9 Å². The molecule has 0 radical (unpaired) electrons. The Hall–Kier alpha value is -1.78. The Labute approximate surface area is 95.6 Å². The molecule has 0 spiro atoms. The highest BCUT2D eigenvalue weighted by Crippen LogP contribution is 2.19. The lowest BCUT2D eigenvalue weighted by atomic mass is 10.1. The highest BCUT2D eigenvalue weighted by molar-refractivity contribution is 5.80. The van der Waals surface area contributed by atoms with Gasteiger partial charge in [0.1, 0.15) is 5.84 Å². The maximum absolute atomic E-state index is 8.53. The van der Waals surface area contributed by atoms with Crippen molar-refractivity contribution in [3.05, 3.63) is 24.0 Å². The molecule has 0 aromatic carbocycles. The van der Waals surface area contributed by atoms with E-state index in [1.165, 1.54) is 0 Å². The predicted molar refractivity (Wildman–Crippen MR) is 64.9 cm³/mol. The van der Waals surface area contributed by atoms with Crippen LogP contribution in [0, 0.1) is 6.92 Å². The second-order valence-corrected chi connectivity index (χ2v) is 3.92. The largest absolute Gasteiger partial charge is 0.409 e. The molecule has 16 heavy (non-hydrogen) atoms. The van der Waals surface area contributed by atoms with Gasteiger partial charge in [0, 0.05) is 37.6 Å². The summed E-state index contributed by atoms with van der Waals surface area (Å²) in [6.07, 6.45) is 4.10. The van der Waals surface area contributed by atoms with E-state index in [1.54, 1.807) is 6.20 Å². The second-order valence-electron chi connectivity index (χ2n) is 3.92. The third kappa shape index (κ3) is 2.85. The normalized spacial score (nSPS) is 13.6. The van der Waals surface area contributed by atoms with E-state index in [-0.39, 0.29) is 11.9 Å². The van der Waals surface area contributed by atoms with E-state index in [0.717, 1.165) is 11.3 Å². The number of anilines is 1. The number of nitrogens with zero attached hydrogens (tertiary/aromatic N) is 3. The number of aryl methyl sites for hydroxylation is 1. The van der Waals surface area contributed by atoms with Crippen molar-refractivity contribution in [3.63, 3.8) is 0 Å². The van der Waals surface area contributed by atoms with E-state index in [2.05, 4.69) is 15.0 Å². The van der Waals surface area contributed by atoms with Gasteiger partial charge in [-0.3, -0.25) is 4.98 Å². The molecule has 1 aromatic heterocycles. The highest BCUT2D eigenvalue weighted by atomic mass is 16.4. The van der Waals surface area contributed by atoms with Crippen molar-refractivity contribution in [3.8, 4) is 0 Å². The van der Waals surface area contributed by atoms with Gasteiger partial charge in [0.15, 0.2) is 0 Å². The van der Waals surface area contributed by atoms with Gasteiger partial charge in [0.25, 0.3) is 0 Å². The van der Waals surface area contributed by atoms with Crippen LogP contribution in [0.15, 0.2) is 23.6 Å². The number of aromatic nitrogens is 1. The average molecular weight is 222 g/mol. The van der Waals surface area contributed by atoms with Gasteiger partial charge in [-0.1, -0.05) is 5.16 Å². The molecule has 1 rings (SSSR count). The number of hydrogen-bond donors (Lipinski definition) is 2. The summed E-state index contributed by atoms with van der Waals surface area (Å²) >= 11 is 0. The summed E-state index contributed by atoms with van der Waals surface area (Å²) in [5, 5.41) is 11.5. The van der Waals surface area contributed by atoms with E-state index in [1.807, 2.05) is 33.2 Å². The molecule has 88 valence electrons. The second kappa shape index (κ2) is 5.34. The van der Waals surface area contributed by atoms with Crippen molar-refractivity contribution in [1.82, 2.24) is 4.98 Å². The lowest BCUT2D eigenvalue weighted by Crippen LogP contribution is -2.33. The van der Waals surface area contributed by atoms with Crippen LogP contribution < -0.4 is 10.6 Å². The summed E-state index contributed by atoms with van der Waals surface area (Å²) in [5.74, 6) is 0.242. The van der Waals surface area contributed by atoms with Crippen LogP contribution in [0.25, 0.3) is 0 Å². The molecule has 0 amide bonds. The molecule has 0 aliphatic heterocycles. The van der Waals surface area contributed by atoms with Gasteiger partial charge in [0.05, 0.1) is 0 Å². The fourth-order valence-electron chi connectivity index (χ4n) is 1.58. The van der Waals surface area contributed by atoms with Gasteiger partial charge < -0.3 is 15.8 Å². The summed E-state index contributed by atoms with van der Waals surface area (Å²) < 4.78 is 0. The van der Waals surface area contributed by atoms with E-state index < -0.39 is 0 Å². The Morgan fingerprint density at radius 1 is 1.69 bits per heavy atom. The quantitative estimate of drug-likeness (QED) is 0.349. The molecule has 0 bridgehead atoms. The van der Waals surface area contributed by atoms with Crippen molar-refractivity contribution in [2.45, 2.75) is 26.3 Å². The minimum atomic E-state index is 0.164. The van der Waals surface area contributed by atoms with Crippen LogP contribution in [0.1, 0.15) is 18.9 Å². The molecule has 0 saturated heterocycles. The molecule has 0 aliphatic rings. The topological polar surface area (TPSA) is 74.7 Å². The molecule has 0 saturated carbocycles. The fraction of sp³-hybridized carbons (Fsp3) is 0.455. The van der Waals surface area contributed by atoms with Gasteiger partial charge in [-0.15, -0.1) is 0 Å². The summed E-state index contributed by atoms with van der Waals surface area (Å²) in [6.45, 7) is 4.03. The number of oxime groups is 1. The standard InChI is InChI=1S/C11H18N4O/c1-8-7-13-5-4-10(8)15(3)9(2)6-11(12)14-16/h4-5,7,9,16H,6H2,1-3H3,(H2,12,14). The molecule has 1 unspecified atom stereocenters. The number of rotatable bonds is 4. The lowest BCUT2D eigenvalue weighted by Gasteiger charge is -2.27. The average Bonchev–Trinajstić information content (AvgIpc) is 2.28. The Kier molecular flexibility index (Phi) is 4.10. The fourth-order valence-corrected chi connectivity index (χ4v) is 1.58. The first-order valence-corrected chi connectivity index (χ1v) is 5.16. The molecule has 0 fully saturated rings. The van der Waals surface area contributed by atoms with Gasteiger partial charge >= 0.3 is 0 Å². The summed E-state index contributed by atoms with van der Waals surface area (Å²) in [5.41, 5.74) is 7.70. The zero-order valence-corrected chi connectivity index (χ0v) is 9.88. The lowest BCUT2D eigenvalue weighted by molar-refractivity contribution is 0.316. The molecule has 5 nitrogen and oxygen atoms in total. The van der Waals surface area contributed by atoms with Crippen LogP contribution in [-0.4, -0.2) is 29.1 Å². The third-order valence-corrected chi connectivity index (χ3v) is 2.66. The monoisotopic (exact) mass is 222 g/mol. The zero-order chi connectivity index (χ0) is 12.1. The Morgan fingerprint density at radius 3 is 2.94 bits per heavy atom. The molecular weight excluding hydrogens is 204 g/mol.